The average Bonchev–Trinajstić information content (AvgIpc) is 2.61. The highest BCUT2D eigenvalue weighted by Gasteiger charge is 2.28. The summed E-state index contributed by atoms with van der Waals surface area (Å²) >= 11 is 0. The van der Waals surface area contributed by atoms with Crippen LogP contribution in [0.5, 0.6) is 0 Å². The molecule has 0 N–H and O–H groups in total. The minimum absolute atomic E-state index is 0.00185. The van der Waals surface area contributed by atoms with Crippen LogP contribution in [0.25, 0.3) is 0 Å². The third kappa shape index (κ3) is 5.31. The number of piperidine rings is 1. The van der Waals surface area contributed by atoms with Gasteiger partial charge in [0.15, 0.2) is 0 Å². The second kappa shape index (κ2) is 8.97. The van der Waals surface area contributed by atoms with Gasteiger partial charge in [-0.15, -0.1) is 0 Å². The van der Waals surface area contributed by atoms with E-state index in [-0.39, 0.29) is 17.9 Å². The summed E-state index contributed by atoms with van der Waals surface area (Å²) in [4.78, 5) is 27.2. The predicted molar refractivity (Wildman–Crippen MR) is 92.3 cm³/mol. The maximum absolute atomic E-state index is 12.1. The number of likely N-dealkylation sites (tertiary alicyclic amines) is 1. The monoisotopic (exact) mass is 328 g/mol. The van der Waals surface area contributed by atoms with Crippen molar-refractivity contribution in [2.45, 2.75) is 19.3 Å². The van der Waals surface area contributed by atoms with Crippen LogP contribution in [0.1, 0.15) is 24.8 Å². The third-order valence-electron chi connectivity index (χ3n) is 3.96. The Labute approximate surface area is 143 Å². The first-order valence-corrected chi connectivity index (χ1v) is 8.24. The number of amides is 2. The van der Waals surface area contributed by atoms with Crippen LogP contribution >= 0.6 is 0 Å². The summed E-state index contributed by atoms with van der Waals surface area (Å²) in [6.07, 6.45) is 1.85. The van der Waals surface area contributed by atoms with Crippen molar-refractivity contribution in [3.63, 3.8) is 0 Å². The van der Waals surface area contributed by atoms with E-state index in [9.17, 15) is 9.59 Å². The smallest absolute Gasteiger partial charge is 0.319 e. The van der Waals surface area contributed by atoms with E-state index in [0.717, 1.165) is 5.56 Å². The first-order valence-electron chi connectivity index (χ1n) is 8.24. The number of ether oxygens (including phenoxy) is 1. The minimum Gasteiger partial charge on any atom is -0.464 e. The molecule has 0 bridgehead atoms. The molecule has 128 valence electrons. The SMILES string of the molecule is CN(C)C(=O)N1CCC(C(=O)OCCC#Cc2ccccc2)CC1. The second-order valence-corrected chi connectivity index (χ2v) is 6.02. The molecule has 1 aromatic rings. The molecule has 1 aliphatic heterocycles. The second-order valence-electron chi connectivity index (χ2n) is 6.02. The first kappa shape index (κ1) is 17.9. The quantitative estimate of drug-likeness (QED) is 0.486. The van der Waals surface area contributed by atoms with E-state index in [4.69, 9.17) is 4.74 Å². The van der Waals surface area contributed by atoms with Gasteiger partial charge in [-0.1, -0.05) is 30.0 Å². The summed E-state index contributed by atoms with van der Waals surface area (Å²) in [5.74, 6) is 5.76. The van der Waals surface area contributed by atoms with Gasteiger partial charge in [0.2, 0.25) is 0 Å². The van der Waals surface area contributed by atoms with Crippen molar-refractivity contribution in [2.75, 3.05) is 33.8 Å². The van der Waals surface area contributed by atoms with Crippen molar-refractivity contribution < 1.29 is 14.3 Å². The molecule has 1 aliphatic rings. The number of hydrogen-bond acceptors (Lipinski definition) is 3. The van der Waals surface area contributed by atoms with Gasteiger partial charge in [0, 0.05) is 39.2 Å². The summed E-state index contributed by atoms with van der Waals surface area (Å²) in [6, 6.07) is 9.72. The zero-order chi connectivity index (χ0) is 17.4. The number of carbonyl (C=O) groups excluding carboxylic acids is 2. The number of urea groups is 1. The number of esters is 1. The molecule has 2 amide bonds. The Morgan fingerprint density at radius 1 is 1.21 bits per heavy atom. The van der Waals surface area contributed by atoms with Gasteiger partial charge in [-0.05, 0) is 25.0 Å². The van der Waals surface area contributed by atoms with Gasteiger partial charge in [-0.25, -0.2) is 4.79 Å². The van der Waals surface area contributed by atoms with E-state index in [1.165, 1.54) is 0 Å². The van der Waals surface area contributed by atoms with Gasteiger partial charge >= 0.3 is 12.0 Å². The van der Waals surface area contributed by atoms with Gasteiger partial charge < -0.3 is 14.5 Å². The lowest BCUT2D eigenvalue weighted by Crippen LogP contribution is -2.45. The van der Waals surface area contributed by atoms with Crippen LogP contribution in [0.3, 0.4) is 0 Å². The van der Waals surface area contributed by atoms with Gasteiger partial charge in [-0.2, -0.15) is 0 Å². The van der Waals surface area contributed by atoms with Crippen molar-refractivity contribution in [3.05, 3.63) is 35.9 Å². The molecule has 1 heterocycles. The number of rotatable bonds is 3. The maximum Gasteiger partial charge on any atom is 0.319 e. The zero-order valence-electron chi connectivity index (χ0n) is 14.3. The van der Waals surface area contributed by atoms with E-state index in [2.05, 4.69) is 11.8 Å². The summed E-state index contributed by atoms with van der Waals surface area (Å²) < 4.78 is 5.31. The molecular weight excluding hydrogens is 304 g/mol. The number of nitrogens with zero attached hydrogens (tertiary/aromatic N) is 2. The fraction of sp³-hybridized carbons (Fsp3) is 0.474. The van der Waals surface area contributed by atoms with Crippen molar-refractivity contribution in [1.82, 2.24) is 9.80 Å². The summed E-state index contributed by atoms with van der Waals surface area (Å²) in [5.41, 5.74) is 0.960. The molecule has 0 aromatic heterocycles. The Bertz CT molecular complexity index is 608. The molecule has 1 fully saturated rings. The zero-order valence-corrected chi connectivity index (χ0v) is 14.3. The van der Waals surface area contributed by atoms with E-state index in [1.807, 2.05) is 30.3 Å². The Kier molecular flexibility index (Phi) is 6.68. The summed E-state index contributed by atoms with van der Waals surface area (Å²) in [7, 11) is 3.47. The first-order chi connectivity index (χ1) is 11.6. The molecule has 0 unspecified atom stereocenters. The van der Waals surface area contributed by atoms with Crippen molar-refractivity contribution >= 4 is 12.0 Å². The van der Waals surface area contributed by atoms with Crippen LogP contribution in [0, 0.1) is 17.8 Å². The predicted octanol–water partition coefficient (Wildman–Crippen LogP) is 2.37. The van der Waals surface area contributed by atoms with Crippen LogP contribution < -0.4 is 0 Å². The minimum atomic E-state index is -0.173. The van der Waals surface area contributed by atoms with Crippen LogP contribution in [0.4, 0.5) is 4.79 Å². The van der Waals surface area contributed by atoms with Gasteiger partial charge in [0.05, 0.1) is 5.92 Å². The Morgan fingerprint density at radius 3 is 2.50 bits per heavy atom. The molecular formula is C19H24N2O3. The number of benzene rings is 1. The lowest BCUT2D eigenvalue weighted by atomic mass is 9.97. The largest absolute Gasteiger partial charge is 0.464 e. The van der Waals surface area contributed by atoms with Gasteiger partial charge in [0.25, 0.3) is 0 Å². The Hall–Kier alpha value is -2.48. The highest BCUT2D eigenvalue weighted by molar-refractivity contribution is 5.75. The highest BCUT2D eigenvalue weighted by Crippen LogP contribution is 2.19. The molecule has 0 radical (unpaired) electrons. The molecule has 5 heteroatoms. The van der Waals surface area contributed by atoms with Crippen molar-refractivity contribution in [3.8, 4) is 11.8 Å². The summed E-state index contributed by atoms with van der Waals surface area (Å²) in [6.45, 7) is 1.52. The topological polar surface area (TPSA) is 49.9 Å². The van der Waals surface area contributed by atoms with Crippen LogP contribution in [0.15, 0.2) is 30.3 Å². The highest BCUT2D eigenvalue weighted by atomic mass is 16.5. The maximum atomic E-state index is 12.1. The van der Waals surface area contributed by atoms with Crippen LogP contribution in [-0.4, -0.2) is 55.6 Å². The Morgan fingerprint density at radius 2 is 1.88 bits per heavy atom. The molecule has 2 rings (SSSR count). The molecule has 0 aliphatic carbocycles. The standard InChI is InChI=1S/C19H24N2O3/c1-20(2)19(23)21-13-11-17(12-14-21)18(22)24-15-7-6-10-16-8-4-3-5-9-16/h3-5,8-9,17H,7,11-15H2,1-2H3. The van der Waals surface area contributed by atoms with Crippen LogP contribution in [0.2, 0.25) is 0 Å². The molecule has 0 saturated carbocycles. The molecule has 0 atom stereocenters. The van der Waals surface area contributed by atoms with Crippen molar-refractivity contribution in [1.29, 1.82) is 0 Å². The Balaban J connectivity index is 1.67. The number of hydrogen-bond donors (Lipinski definition) is 0. The molecule has 0 spiro atoms. The van der Waals surface area contributed by atoms with Crippen molar-refractivity contribution in [2.24, 2.45) is 5.92 Å². The fourth-order valence-electron chi connectivity index (χ4n) is 2.60. The van der Waals surface area contributed by atoms with Crippen LogP contribution in [-0.2, 0) is 9.53 Å². The average molecular weight is 328 g/mol. The third-order valence-corrected chi connectivity index (χ3v) is 3.96. The fourth-order valence-corrected chi connectivity index (χ4v) is 2.60. The van der Waals surface area contributed by atoms with E-state index in [1.54, 1.807) is 23.9 Å². The molecule has 5 nitrogen and oxygen atoms in total. The van der Waals surface area contributed by atoms with E-state index in [0.29, 0.717) is 39.0 Å². The van der Waals surface area contributed by atoms with Gasteiger partial charge in [-0.3, -0.25) is 4.79 Å². The molecule has 24 heavy (non-hydrogen) atoms. The normalized spacial score (nSPS) is 14.5. The lowest BCUT2D eigenvalue weighted by molar-refractivity contribution is -0.149. The molecule has 1 saturated heterocycles. The van der Waals surface area contributed by atoms with E-state index >= 15 is 0 Å². The van der Waals surface area contributed by atoms with Gasteiger partial charge in [0.1, 0.15) is 6.61 Å². The summed E-state index contributed by atoms with van der Waals surface area (Å²) in [5, 5.41) is 0. The lowest BCUT2D eigenvalue weighted by Gasteiger charge is -2.32. The number of carbonyl (C=O) groups is 2. The molecule has 1 aromatic carbocycles. The van der Waals surface area contributed by atoms with E-state index < -0.39 is 0 Å².